The first-order valence-electron chi connectivity index (χ1n) is 6.15. The van der Waals surface area contributed by atoms with E-state index < -0.39 is 0 Å². The van der Waals surface area contributed by atoms with Gasteiger partial charge in [0.25, 0.3) is 0 Å². The van der Waals surface area contributed by atoms with Crippen LogP contribution in [0.3, 0.4) is 0 Å². The zero-order chi connectivity index (χ0) is 12.3. The van der Waals surface area contributed by atoms with E-state index in [-0.39, 0.29) is 6.10 Å². The quantitative estimate of drug-likeness (QED) is 0.804. The summed E-state index contributed by atoms with van der Waals surface area (Å²) in [6.07, 6.45) is 0.343. The van der Waals surface area contributed by atoms with E-state index >= 15 is 0 Å². The van der Waals surface area contributed by atoms with Gasteiger partial charge in [-0.1, -0.05) is 12.1 Å². The molecule has 1 aromatic carbocycles. The molecule has 4 heteroatoms. The molecular formula is C13H21N3O. The van der Waals surface area contributed by atoms with Gasteiger partial charge in [-0.15, -0.1) is 0 Å². The van der Waals surface area contributed by atoms with Crippen LogP contribution in [0, 0.1) is 0 Å². The fourth-order valence-electron chi connectivity index (χ4n) is 2.22. The molecule has 0 aliphatic carbocycles. The van der Waals surface area contributed by atoms with E-state index in [1.165, 1.54) is 11.4 Å². The van der Waals surface area contributed by atoms with Crippen molar-refractivity contribution in [2.75, 3.05) is 43.0 Å². The average Bonchev–Trinajstić information content (AvgIpc) is 2.38. The number of nitrogens with two attached hydrogens (primary N) is 1. The Labute approximate surface area is 103 Å². The number of anilines is 2. The molecule has 0 aromatic heterocycles. The minimum atomic E-state index is -0.387. The number of hydrogen-bond donors (Lipinski definition) is 2. The average molecular weight is 235 g/mol. The van der Waals surface area contributed by atoms with Gasteiger partial charge in [-0.25, -0.2) is 0 Å². The first-order valence-corrected chi connectivity index (χ1v) is 6.15. The summed E-state index contributed by atoms with van der Waals surface area (Å²) >= 11 is 0. The molecule has 94 valence electrons. The molecule has 1 atom stereocenters. The molecule has 3 N–H and O–H groups in total. The van der Waals surface area contributed by atoms with E-state index in [1.807, 2.05) is 0 Å². The molecule has 0 radical (unpaired) electrons. The number of aliphatic hydroxyl groups is 1. The third kappa shape index (κ3) is 2.70. The molecule has 0 spiro atoms. The van der Waals surface area contributed by atoms with Crippen LogP contribution < -0.4 is 15.5 Å². The third-order valence-corrected chi connectivity index (χ3v) is 3.34. The maximum absolute atomic E-state index is 9.53. The number of aliphatic hydroxyl groups excluding tert-OH is 1. The van der Waals surface area contributed by atoms with Crippen LogP contribution in [0.2, 0.25) is 0 Å². The standard InChI is InChI=1S/C13H21N3O/c1-15-8-9-16(7-6-11(17)10-14)13-5-3-2-4-12(13)15/h2-5,11,17H,6-10,14H2,1H3. The van der Waals surface area contributed by atoms with E-state index in [4.69, 9.17) is 5.73 Å². The maximum Gasteiger partial charge on any atom is 0.0679 e. The third-order valence-electron chi connectivity index (χ3n) is 3.34. The Bertz CT molecular complexity index is 369. The second-order valence-electron chi connectivity index (χ2n) is 4.58. The minimum Gasteiger partial charge on any atom is -0.392 e. The highest BCUT2D eigenvalue weighted by Crippen LogP contribution is 2.31. The lowest BCUT2D eigenvalue weighted by molar-refractivity contribution is 0.174. The Morgan fingerprint density at radius 3 is 2.71 bits per heavy atom. The normalized spacial score (nSPS) is 16.9. The number of likely N-dealkylation sites (N-methyl/N-ethyl adjacent to an activating group) is 1. The highest BCUT2D eigenvalue weighted by molar-refractivity contribution is 5.72. The van der Waals surface area contributed by atoms with Gasteiger partial charge in [-0.3, -0.25) is 0 Å². The van der Waals surface area contributed by atoms with Crippen molar-refractivity contribution in [1.29, 1.82) is 0 Å². The van der Waals surface area contributed by atoms with E-state index in [0.717, 1.165) is 26.1 Å². The van der Waals surface area contributed by atoms with Crippen molar-refractivity contribution in [1.82, 2.24) is 0 Å². The predicted octanol–water partition coefficient (Wildman–Crippen LogP) is 0.652. The largest absolute Gasteiger partial charge is 0.392 e. The number of hydrogen-bond acceptors (Lipinski definition) is 4. The molecule has 2 rings (SSSR count). The Morgan fingerprint density at radius 2 is 2.00 bits per heavy atom. The van der Waals surface area contributed by atoms with Gasteiger partial charge in [0, 0.05) is 33.2 Å². The Hall–Kier alpha value is -1.26. The lowest BCUT2D eigenvalue weighted by atomic mass is 10.1. The molecular weight excluding hydrogens is 214 g/mol. The molecule has 0 saturated carbocycles. The highest BCUT2D eigenvalue weighted by atomic mass is 16.3. The van der Waals surface area contributed by atoms with E-state index in [9.17, 15) is 5.11 Å². The molecule has 4 nitrogen and oxygen atoms in total. The maximum atomic E-state index is 9.53. The Morgan fingerprint density at radius 1 is 1.29 bits per heavy atom. The van der Waals surface area contributed by atoms with Crippen LogP contribution in [-0.4, -0.2) is 44.4 Å². The summed E-state index contributed by atoms with van der Waals surface area (Å²) in [5, 5.41) is 9.53. The summed E-state index contributed by atoms with van der Waals surface area (Å²) in [4.78, 5) is 4.60. The summed E-state index contributed by atoms with van der Waals surface area (Å²) in [5.74, 6) is 0. The van der Waals surface area contributed by atoms with Crippen molar-refractivity contribution in [2.24, 2.45) is 5.73 Å². The van der Waals surface area contributed by atoms with Gasteiger partial charge in [0.05, 0.1) is 17.5 Å². The van der Waals surface area contributed by atoms with E-state index in [0.29, 0.717) is 6.54 Å². The van der Waals surface area contributed by atoms with Crippen LogP contribution >= 0.6 is 0 Å². The van der Waals surface area contributed by atoms with Gasteiger partial charge in [-0.05, 0) is 18.6 Å². The zero-order valence-electron chi connectivity index (χ0n) is 10.3. The van der Waals surface area contributed by atoms with Crippen LogP contribution in [0.25, 0.3) is 0 Å². The first kappa shape index (κ1) is 12.2. The summed E-state index contributed by atoms with van der Waals surface area (Å²) in [7, 11) is 2.12. The van der Waals surface area contributed by atoms with Crippen molar-refractivity contribution < 1.29 is 5.11 Å². The highest BCUT2D eigenvalue weighted by Gasteiger charge is 2.19. The molecule has 17 heavy (non-hydrogen) atoms. The SMILES string of the molecule is CN1CCN(CCC(O)CN)c2ccccc21. The number of para-hydroxylation sites is 2. The summed E-state index contributed by atoms with van der Waals surface area (Å²) in [6.45, 7) is 3.24. The monoisotopic (exact) mass is 235 g/mol. The topological polar surface area (TPSA) is 52.7 Å². The van der Waals surface area contributed by atoms with Crippen molar-refractivity contribution in [3.05, 3.63) is 24.3 Å². The molecule has 0 amide bonds. The fraction of sp³-hybridized carbons (Fsp3) is 0.538. The smallest absolute Gasteiger partial charge is 0.0679 e. The molecule has 1 aliphatic heterocycles. The van der Waals surface area contributed by atoms with Crippen molar-refractivity contribution in [3.8, 4) is 0 Å². The first-order chi connectivity index (χ1) is 8.22. The van der Waals surface area contributed by atoms with E-state index in [2.05, 4.69) is 41.1 Å². The van der Waals surface area contributed by atoms with Crippen LogP contribution in [0.5, 0.6) is 0 Å². The van der Waals surface area contributed by atoms with E-state index in [1.54, 1.807) is 0 Å². The van der Waals surface area contributed by atoms with Crippen molar-refractivity contribution in [2.45, 2.75) is 12.5 Å². The van der Waals surface area contributed by atoms with Gasteiger partial charge < -0.3 is 20.6 Å². The summed E-state index contributed by atoms with van der Waals surface area (Å²) in [5.41, 5.74) is 7.95. The predicted molar refractivity (Wildman–Crippen MR) is 71.6 cm³/mol. The van der Waals surface area contributed by atoms with Crippen LogP contribution in [0.1, 0.15) is 6.42 Å². The lowest BCUT2D eigenvalue weighted by Gasteiger charge is -2.37. The Kier molecular flexibility index (Phi) is 3.86. The van der Waals surface area contributed by atoms with Crippen molar-refractivity contribution in [3.63, 3.8) is 0 Å². The van der Waals surface area contributed by atoms with Crippen LogP contribution in [-0.2, 0) is 0 Å². The molecule has 1 aromatic rings. The van der Waals surface area contributed by atoms with Crippen LogP contribution in [0.4, 0.5) is 11.4 Å². The van der Waals surface area contributed by atoms with Gasteiger partial charge in [0.15, 0.2) is 0 Å². The number of fused-ring (bicyclic) bond motifs is 1. The second kappa shape index (κ2) is 5.38. The van der Waals surface area contributed by atoms with Gasteiger partial charge >= 0.3 is 0 Å². The second-order valence-corrected chi connectivity index (χ2v) is 4.58. The number of nitrogens with zero attached hydrogens (tertiary/aromatic N) is 2. The van der Waals surface area contributed by atoms with Gasteiger partial charge in [-0.2, -0.15) is 0 Å². The molecule has 1 aliphatic rings. The van der Waals surface area contributed by atoms with Gasteiger partial charge in [0.2, 0.25) is 0 Å². The van der Waals surface area contributed by atoms with Gasteiger partial charge in [0.1, 0.15) is 0 Å². The summed E-state index contributed by atoms with van der Waals surface area (Å²) < 4.78 is 0. The summed E-state index contributed by atoms with van der Waals surface area (Å²) in [6, 6.07) is 8.40. The molecule has 0 saturated heterocycles. The van der Waals surface area contributed by atoms with Crippen LogP contribution in [0.15, 0.2) is 24.3 Å². The molecule has 1 heterocycles. The Balaban J connectivity index is 2.08. The molecule has 0 fully saturated rings. The molecule has 1 unspecified atom stereocenters. The number of rotatable bonds is 4. The lowest BCUT2D eigenvalue weighted by Crippen LogP contribution is -2.40. The zero-order valence-corrected chi connectivity index (χ0v) is 10.3. The van der Waals surface area contributed by atoms with Crippen molar-refractivity contribution >= 4 is 11.4 Å². The minimum absolute atomic E-state index is 0.343. The number of benzene rings is 1. The molecule has 0 bridgehead atoms. The fourth-order valence-corrected chi connectivity index (χ4v) is 2.22.